The van der Waals surface area contributed by atoms with Crippen LogP contribution in [0.2, 0.25) is 0 Å². The van der Waals surface area contributed by atoms with Crippen LogP contribution in [0.15, 0.2) is 28.3 Å². The van der Waals surface area contributed by atoms with Crippen molar-refractivity contribution in [1.82, 2.24) is 14.7 Å². The summed E-state index contributed by atoms with van der Waals surface area (Å²) >= 11 is 1.47. The Hall–Kier alpha value is -2.48. The summed E-state index contributed by atoms with van der Waals surface area (Å²) in [4.78, 5) is 15.2. The molecule has 1 amide bonds. The van der Waals surface area contributed by atoms with E-state index in [0.717, 1.165) is 19.1 Å². The van der Waals surface area contributed by atoms with Crippen LogP contribution in [0.5, 0.6) is 0 Å². The molecule has 0 aliphatic carbocycles. The van der Waals surface area contributed by atoms with Gasteiger partial charge in [-0.2, -0.15) is 10.2 Å². The minimum atomic E-state index is 0.0252. The molecule has 2 N–H and O–H groups in total. The Kier molecular flexibility index (Phi) is 6.05. The SMILES string of the molecule is CC(C)n1cc(C2CC[C@@H](C)N(C(=O)c3cscc3N/N=C\C=N)C2)cn1. The first-order valence-corrected chi connectivity index (χ1v) is 10.1. The van der Waals surface area contributed by atoms with Gasteiger partial charge in [0.1, 0.15) is 0 Å². The fraction of sp³-hybridized carbons (Fsp3) is 0.474. The molecule has 1 aliphatic rings. The number of thiophene rings is 1. The summed E-state index contributed by atoms with van der Waals surface area (Å²) in [5.74, 6) is 0.334. The molecule has 1 fully saturated rings. The van der Waals surface area contributed by atoms with Crippen molar-refractivity contribution in [2.45, 2.75) is 51.6 Å². The molecule has 7 nitrogen and oxygen atoms in total. The van der Waals surface area contributed by atoms with E-state index in [0.29, 0.717) is 29.8 Å². The lowest BCUT2D eigenvalue weighted by Crippen LogP contribution is -2.44. The Morgan fingerprint density at radius 2 is 2.26 bits per heavy atom. The van der Waals surface area contributed by atoms with E-state index in [-0.39, 0.29) is 11.9 Å². The molecule has 1 saturated heterocycles. The quantitative estimate of drug-likeness (QED) is 0.581. The lowest BCUT2D eigenvalue weighted by atomic mass is 9.89. The van der Waals surface area contributed by atoms with Gasteiger partial charge in [-0.15, -0.1) is 11.3 Å². The second kappa shape index (κ2) is 8.47. The summed E-state index contributed by atoms with van der Waals surface area (Å²) in [6.07, 6.45) is 8.52. The van der Waals surface area contributed by atoms with Gasteiger partial charge < -0.3 is 10.3 Å². The first kappa shape index (κ1) is 19.3. The number of nitrogens with one attached hydrogen (secondary N) is 2. The first-order chi connectivity index (χ1) is 13.0. The van der Waals surface area contributed by atoms with Crippen LogP contribution in [0.3, 0.4) is 0 Å². The Bertz CT molecular complexity index is 824. The maximum atomic E-state index is 13.2. The predicted octanol–water partition coefficient (Wildman–Crippen LogP) is 3.98. The smallest absolute Gasteiger partial charge is 0.257 e. The monoisotopic (exact) mass is 386 g/mol. The fourth-order valence-corrected chi connectivity index (χ4v) is 4.10. The Labute approximate surface area is 163 Å². The molecule has 0 aromatic carbocycles. The van der Waals surface area contributed by atoms with Crippen LogP contribution in [0, 0.1) is 5.41 Å². The average molecular weight is 387 g/mol. The van der Waals surface area contributed by atoms with Crippen molar-refractivity contribution in [3.05, 3.63) is 34.3 Å². The normalized spacial score (nSPS) is 20.4. The second-order valence-electron chi connectivity index (χ2n) is 7.18. The molecular weight excluding hydrogens is 360 g/mol. The molecule has 3 heterocycles. The number of piperidine rings is 1. The molecule has 0 radical (unpaired) electrons. The van der Waals surface area contributed by atoms with E-state index in [1.54, 1.807) is 0 Å². The van der Waals surface area contributed by atoms with Crippen molar-refractivity contribution in [1.29, 1.82) is 5.41 Å². The molecule has 8 heteroatoms. The number of likely N-dealkylation sites (tertiary alicyclic amines) is 1. The number of anilines is 1. The molecule has 144 valence electrons. The number of aromatic nitrogens is 2. The van der Waals surface area contributed by atoms with Gasteiger partial charge in [-0.25, -0.2) is 0 Å². The van der Waals surface area contributed by atoms with Gasteiger partial charge in [-0.05, 0) is 39.2 Å². The molecule has 1 aliphatic heterocycles. The third kappa shape index (κ3) is 4.27. The van der Waals surface area contributed by atoms with Crippen LogP contribution in [0.4, 0.5) is 5.69 Å². The third-order valence-electron chi connectivity index (χ3n) is 4.99. The zero-order valence-corrected chi connectivity index (χ0v) is 16.7. The van der Waals surface area contributed by atoms with Gasteiger partial charge in [0.25, 0.3) is 5.91 Å². The van der Waals surface area contributed by atoms with E-state index < -0.39 is 0 Å². The molecular formula is C19H26N6OS. The molecule has 2 aromatic rings. The molecule has 0 spiro atoms. The van der Waals surface area contributed by atoms with Crippen LogP contribution in [0.25, 0.3) is 0 Å². The highest BCUT2D eigenvalue weighted by atomic mass is 32.1. The van der Waals surface area contributed by atoms with Crippen molar-refractivity contribution >= 4 is 35.4 Å². The highest BCUT2D eigenvalue weighted by molar-refractivity contribution is 7.08. The fourth-order valence-electron chi connectivity index (χ4n) is 3.36. The number of carbonyl (C=O) groups excluding carboxylic acids is 1. The summed E-state index contributed by atoms with van der Waals surface area (Å²) < 4.78 is 1.97. The zero-order valence-electron chi connectivity index (χ0n) is 15.9. The summed E-state index contributed by atoms with van der Waals surface area (Å²) in [6.45, 7) is 7.03. The van der Waals surface area contributed by atoms with Crippen molar-refractivity contribution in [2.24, 2.45) is 5.10 Å². The topological polar surface area (TPSA) is 86.4 Å². The Morgan fingerprint density at radius 1 is 1.44 bits per heavy atom. The average Bonchev–Trinajstić information content (AvgIpc) is 3.31. The first-order valence-electron chi connectivity index (χ1n) is 9.20. The molecule has 3 rings (SSSR count). The molecule has 0 saturated carbocycles. The van der Waals surface area contributed by atoms with Crippen molar-refractivity contribution in [2.75, 3.05) is 12.0 Å². The number of carbonyl (C=O) groups is 1. The van der Waals surface area contributed by atoms with Gasteiger partial charge in [-0.1, -0.05) is 0 Å². The molecule has 2 atom stereocenters. The summed E-state index contributed by atoms with van der Waals surface area (Å²) in [5.41, 5.74) is 5.37. The summed E-state index contributed by atoms with van der Waals surface area (Å²) in [7, 11) is 0. The molecule has 2 aromatic heterocycles. The highest BCUT2D eigenvalue weighted by Crippen LogP contribution is 2.33. The molecule has 27 heavy (non-hydrogen) atoms. The standard InChI is InChI=1S/C19H26N6OS/c1-13(2)25-10-16(8-22-25)15-5-4-14(3)24(9-15)19(26)17-11-27-12-18(17)23-21-7-6-20/h6-8,10-15,20,23H,4-5,9H2,1-3H3/b20-6?,21-7-/t14-,15?/m1/s1. The van der Waals surface area contributed by atoms with Gasteiger partial charge in [0.15, 0.2) is 0 Å². The predicted molar refractivity (Wildman–Crippen MR) is 110 cm³/mol. The number of hydrogen-bond acceptors (Lipinski definition) is 6. The van der Waals surface area contributed by atoms with E-state index in [9.17, 15) is 4.79 Å². The van der Waals surface area contributed by atoms with E-state index >= 15 is 0 Å². The van der Waals surface area contributed by atoms with Crippen molar-refractivity contribution in [3.63, 3.8) is 0 Å². The van der Waals surface area contributed by atoms with Crippen molar-refractivity contribution < 1.29 is 4.79 Å². The minimum absolute atomic E-state index is 0.0252. The number of amides is 1. The number of hydrazone groups is 1. The van der Waals surface area contributed by atoms with Gasteiger partial charge in [0.2, 0.25) is 0 Å². The van der Waals surface area contributed by atoms with Crippen LogP contribution in [0.1, 0.15) is 61.5 Å². The molecule has 0 bridgehead atoms. The number of hydrogen-bond donors (Lipinski definition) is 2. The van der Waals surface area contributed by atoms with Crippen LogP contribution in [-0.2, 0) is 0 Å². The van der Waals surface area contributed by atoms with E-state index in [1.165, 1.54) is 23.1 Å². The highest BCUT2D eigenvalue weighted by Gasteiger charge is 2.32. The van der Waals surface area contributed by atoms with Gasteiger partial charge in [0, 0.05) is 47.7 Å². The summed E-state index contributed by atoms with van der Waals surface area (Å²) in [6, 6.07) is 0.534. The zero-order chi connectivity index (χ0) is 19.4. The van der Waals surface area contributed by atoms with Gasteiger partial charge in [0.05, 0.1) is 23.7 Å². The van der Waals surface area contributed by atoms with Crippen LogP contribution < -0.4 is 5.43 Å². The number of rotatable bonds is 6. The van der Waals surface area contributed by atoms with Crippen molar-refractivity contribution in [3.8, 4) is 0 Å². The van der Waals surface area contributed by atoms with Gasteiger partial charge in [-0.3, -0.25) is 14.9 Å². The minimum Gasteiger partial charge on any atom is -0.335 e. The molecule has 1 unspecified atom stereocenters. The van der Waals surface area contributed by atoms with Gasteiger partial charge >= 0.3 is 0 Å². The second-order valence-corrected chi connectivity index (χ2v) is 7.93. The van der Waals surface area contributed by atoms with E-state index in [4.69, 9.17) is 5.41 Å². The van der Waals surface area contributed by atoms with Crippen LogP contribution >= 0.6 is 11.3 Å². The van der Waals surface area contributed by atoms with E-state index in [1.807, 2.05) is 26.5 Å². The lowest BCUT2D eigenvalue weighted by molar-refractivity contribution is 0.0611. The maximum absolute atomic E-state index is 13.2. The summed E-state index contributed by atoms with van der Waals surface area (Å²) in [5, 5.41) is 19.1. The Balaban J connectivity index is 1.76. The maximum Gasteiger partial charge on any atom is 0.257 e. The van der Waals surface area contributed by atoms with Crippen LogP contribution in [-0.4, -0.2) is 45.6 Å². The largest absolute Gasteiger partial charge is 0.335 e. The lowest BCUT2D eigenvalue weighted by Gasteiger charge is -2.38. The number of nitrogens with zero attached hydrogens (tertiary/aromatic N) is 4. The Morgan fingerprint density at radius 3 is 2.96 bits per heavy atom. The van der Waals surface area contributed by atoms with E-state index in [2.05, 4.69) is 42.6 Å². The third-order valence-corrected chi connectivity index (χ3v) is 5.73.